The lowest BCUT2D eigenvalue weighted by atomic mass is 9.46. The van der Waals surface area contributed by atoms with Gasteiger partial charge in [0.05, 0.1) is 37.0 Å². The van der Waals surface area contributed by atoms with Gasteiger partial charge in [-0.1, -0.05) is 31.2 Å². The van der Waals surface area contributed by atoms with E-state index in [1.54, 1.807) is 4.90 Å². The number of rotatable bonds is 18. The first-order valence-electron chi connectivity index (χ1n) is 19.0. The van der Waals surface area contributed by atoms with Crippen LogP contribution in [0.5, 0.6) is 0 Å². The summed E-state index contributed by atoms with van der Waals surface area (Å²) in [4.78, 5) is 42.9. The standard InChI is InChI=1S/C38H55N5O10/c1-2-41(19-30(46)32(48)33(49)31(47)20-44)17-23-3-5-24(6-4-23)18-42(36(51)52-22-45)7-8-53-38-14-25-9-26(15-38)13-37(12-25,21-38)34(40)35(50)43-28(16-39)10-27-11-29(27)43/h3-6,22,25-34,44,46-49H,2,7-15,17-21,40H2,1H3/t25-,26-,27+,28-,29-,30-,31+,32+,33+,34+,37?,38?/m0/s1. The predicted molar refractivity (Wildman–Crippen MR) is 188 cm³/mol. The molecule has 10 atom stereocenters. The van der Waals surface area contributed by atoms with Gasteiger partial charge in [-0.15, -0.1) is 0 Å². The van der Waals surface area contributed by atoms with Crippen molar-refractivity contribution in [3.8, 4) is 6.07 Å². The molecule has 1 aromatic carbocycles. The quantitative estimate of drug-likeness (QED) is 0.0876. The summed E-state index contributed by atoms with van der Waals surface area (Å²) in [7, 11) is 0. The van der Waals surface area contributed by atoms with E-state index in [9.17, 15) is 40.1 Å². The number of carbonyl (C=O) groups is 3. The van der Waals surface area contributed by atoms with Gasteiger partial charge in [-0.25, -0.2) is 4.79 Å². The summed E-state index contributed by atoms with van der Waals surface area (Å²) < 4.78 is 11.4. The zero-order valence-electron chi connectivity index (χ0n) is 30.4. The number of nitrogens with zero attached hydrogens (tertiary/aromatic N) is 4. The molecular weight excluding hydrogens is 686 g/mol. The number of carbonyl (C=O) groups excluding carboxylic acids is 3. The van der Waals surface area contributed by atoms with Crippen LogP contribution in [-0.2, 0) is 32.2 Å². The number of hydrogen-bond donors (Lipinski definition) is 6. The lowest BCUT2D eigenvalue weighted by molar-refractivity contribution is -0.201. The van der Waals surface area contributed by atoms with Crippen LogP contribution in [0.15, 0.2) is 24.3 Å². The molecule has 0 unspecified atom stereocenters. The Kier molecular flexibility index (Phi) is 12.1. The van der Waals surface area contributed by atoms with Crippen LogP contribution >= 0.6 is 0 Å². The molecule has 292 valence electrons. The molecule has 15 nitrogen and oxygen atoms in total. The summed E-state index contributed by atoms with van der Waals surface area (Å²) in [5, 5.41) is 59.0. The van der Waals surface area contributed by atoms with Crippen molar-refractivity contribution in [2.75, 3.05) is 32.8 Å². The van der Waals surface area contributed by atoms with Gasteiger partial charge in [-0.3, -0.25) is 14.5 Å². The SMILES string of the molecule is CCN(Cc1ccc(CN(CCOC23C[C@H]4C[C@H](C2)CC([C@H](N)C(=O)N2[C@H](C#N)C[C@@H]5C[C@@H]52)(C4)C3)C(=O)OC=O)cc1)C[C@H](O)[C@@H](O)[C@H](O)[C@H](O)CO. The fourth-order valence-electron chi connectivity index (χ4n) is 10.3. The van der Waals surface area contributed by atoms with Crippen molar-refractivity contribution in [2.24, 2.45) is 28.9 Å². The number of nitriles is 1. The van der Waals surface area contributed by atoms with Crippen LogP contribution in [0.2, 0.25) is 0 Å². The van der Waals surface area contributed by atoms with Crippen molar-refractivity contribution >= 4 is 18.5 Å². The minimum absolute atomic E-state index is 0.00722. The predicted octanol–water partition coefficient (Wildman–Crippen LogP) is 0.235. The van der Waals surface area contributed by atoms with Crippen molar-refractivity contribution in [1.82, 2.24) is 14.7 Å². The molecule has 6 fully saturated rings. The summed E-state index contributed by atoms with van der Waals surface area (Å²) in [5.74, 6) is 1.11. The third-order valence-electron chi connectivity index (χ3n) is 12.7. The third kappa shape index (κ3) is 8.40. The molecule has 53 heavy (non-hydrogen) atoms. The normalized spacial score (nSPS) is 32.4. The number of aliphatic hydroxyl groups is 5. The lowest BCUT2D eigenvalue weighted by Crippen LogP contribution is -2.65. The Morgan fingerprint density at radius 1 is 1.02 bits per heavy atom. The second-order valence-electron chi connectivity index (χ2n) is 16.4. The van der Waals surface area contributed by atoms with Gasteiger partial charge in [-0.05, 0) is 92.2 Å². The molecule has 7 N–H and O–H groups in total. The van der Waals surface area contributed by atoms with Gasteiger partial charge in [0.1, 0.15) is 24.4 Å². The zero-order chi connectivity index (χ0) is 38.1. The average Bonchev–Trinajstić information content (AvgIpc) is 3.81. The molecule has 1 aliphatic heterocycles. The molecule has 2 amide bonds. The smallest absolute Gasteiger partial charge is 0.394 e. The summed E-state index contributed by atoms with van der Waals surface area (Å²) in [6.45, 7) is 2.70. The number of nitrogens with two attached hydrogens (primary N) is 1. The molecule has 1 saturated heterocycles. The number of benzene rings is 1. The van der Waals surface area contributed by atoms with E-state index in [-0.39, 0.29) is 50.1 Å². The maximum atomic E-state index is 13.9. The maximum absolute atomic E-state index is 13.9. The first kappa shape index (κ1) is 39.5. The molecule has 6 aliphatic rings. The number of hydrogen-bond acceptors (Lipinski definition) is 13. The number of ether oxygens (including phenoxy) is 2. The van der Waals surface area contributed by atoms with Crippen LogP contribution in [0.25, 0.3) is 0 Å². The van der Waals surface area contributed by atoms with E-state index in [2.05, 4.69) is 6.07 Å². The van der Waals surface area contributed by atoms with Crippen LogP contribution < -0.4 is 5.73 Å². The van der Waals surface area contributed by atoms with Crippen LogP contribution in [0, 0.1) is 34.5 Å². The number of piperidine rings is 1. The van der Waals surface area contributed by atoms with E-state index in [0.717, 1.165) is 56.1 Å². The fraction of sp³-hybridized carbons (Fsp3) is 0.737. The second-order valence-corrected chi connectivity index (χ2v) is 16.4. The molecule has 15 heteroatoms. The highest BCUT2D eigenvalue weighted by atomic mass is 16.6. The molecule has 0 radical (unpaired) electrons. The molecule has 4 bridgehead atoms. The van der Waals surface area contributed by atoms with Crippen LogP contribution in [0.3, 0.4) is 0 Å². The lowest BCUT2D eigenvalue weighted by Gasteiger charge is -2.63. The zero-order valence-corrected chi connectivity index (χ0v) is 30.4. The Morgan fingerprint density at radius 3 is 2.26 bits per heavy atom. The van der Waals surface area contributed by atoms with Gasteiger partial charge in [0, 0.05) is 32.2 Å². The van der Waals surface area contributed by atoms with Crippen molar-refractivity contribution < 1.29 is 49.4 Å². The van der Waals surface area contributed by atoms with Gasteiger partial charge in [0.15, 0.2) is 0 Å². The Hall–Kier alpha value is -3.20. The van der Waals surface area contributed by atoms with Crippen molar-refractivity contribution in [2.45, 2.75) is 120 Å². The minimum Gasteiger partial charge on any atom is -0.394 e. The van der Waals surface area contributed by atoms with Crippen molar-refractivity contribution in [3.05, 3.63) is 35.4 Å². The van der Waals surface area contributed by atoms with E-state index in [4.69, 9.17) is 20.3 Å². The Balaban J connectivity index is 1.05. The van der Waals surface area contributed by atoms with E-state index in [0.29, 0.717) is 37.3 Å². The molecular formula is C38H55N5O10. The summed E-state index contributed by atoms with van der Waals surface area (Å²) in [5.41, 5.74) is 7.70. The molecule has 1 aromatic rings. The van der Waals surface area contributed by atoms with Gasteiger partial charge in [0.2, 0.25) is 5.91 Å². The van der Waals surface area contributed by atoms with Crippen LogP contribution in [0.1, 0.15) is 69.4 Å². The van der Waals surface area contributed by atoms with Crippen LogP contribution in [0.4, 0.5) is 4.79 Å². The average molecular weight is 742 g/mol. The maximum Gasteiger partial charge on any atom is 0.417 e. The highest BCUT2D eigenvalue weighted by molar-refractivity contribution is 5.84. The Labute approximate surface area is 310 Å². The molecule has 0 aromatic heterocycles. The van der Waals surface area contributed by atoms with E-state index in [1.165, 1.54) is 4.90 Å². The molecule has 7 rings (SSSR count). The highest BCUT2D eigenvalue weighted by Gasteiger charge is 2.63. The van der Waals surface area contributed by atoms with Gasteiger partial charge in [-0.2, -0.15) is 5.26 Å². The van der Waals surface area contributed by atoms with Crippen molar-refractivity contribution in [1.29, 1.82) is 5.26 Å². The highest BCUT2D eigenvalue weighted by Crippen LogP contribution is 2.64. The number of likely N-dealkylation sites (tertiary alicyclic amines) is 1. The van der Waals surface area contributed by atoms with E-state index < -0.39 is 54.8 Å². The fourth-order valence-corrected chi connectivity index (χ4v) is 10.3. The van der Waals surface area contributed by atoms with Gasteiger partial charge in [0.25, 0.3) is 0 Å². The first-order valence-corrected chi connectivity index (χ1v) is 19.0. The number of fused-ring (bicyclic) bond motifs is 1. The topological polar surface area (TPSA) is 230 Å². The van der Waals surface area contributed by atoms with E-state index in [1.807, 2.05) is 36.1 Å². The summed E-state index contributed by atoms with van der Waals surface area (Å²) >= 11 is 0. The van der Waals surface area contributed by atoms with Crippen molar-refractivity contribution in [3.63, 3.8) is 0 Å². The van der Waals surface area contributed by atoms with E-state index >= 15 is 0 Å². The number of amides is 2. The first-order chi connectivity index (χ1) is 25.3. The van der Waals surface area contributed by atoms with Gasteiger partial charge >= 0.3 is 12.6 Å². The summed E-state index contributed by atoms with van der Waals surface area (Å²) in [6.07, 6.45) is -0.143. The largest absolute Gasteiger partial charge is 0.417 e. The third-order valence-corrected chi connectivity index (χ3v) is 12.7. The minimum atomic E-state index is -1.70. The summed E-state index contributed by atoms with van der Waals surface area (Å²) in [6, 6.07) is 8.81. The van der Waals surface area contributed by atoms with Gasteiger partial charge < -0.3 is 50.5 Å². The second kappa shape index (κ2) is 16.3. The molecule has 5 saturated carbocycles. The Morgan fingerprint density at radius 2 is 1.66 bits per heavy atom. The molecule has 0 spiro atoms. The van der Waals surface area contributed by atoms with Crippen LogP contribution in [-0.4, -0.2) is 140 Å². The molecule has 5 aliphatic carbocycles. The monoisotopic (exact) mass is 741 g/mol. The Bertz CT molecular complexity index is 1490. The number of likely N-dealkylation sites (N-methyl/N-ethyl adjacent to an activating group) is 1. The molecule has 1 heterocycles. The number of aliphatic hydroxyl groups excluding tert-OH is 5.